The minimum Gasteiger partial charge on any atom is -0.469 e. The highest BCUT2D eigenvalue weighted by Crippen LogP contribution is 2.71. The lowest BCUT2D eigenvalue weighted by molar-refractivity contribution is -0.205. The van der Waals surface area contributed by atoms with Gasteiger partial charge in [0.2, 0.25) is 0 Å². The smallest absolute Gasteiger partial charge is 0.311 e. The minimum absolute atomic E-state index is 0.0119. The number of hydrogen-bond acceptors (Lipinski definition) is 4. The number of carbonyl (C=O) groups is 2. The van der Waals surface area contributed by atoms with E-state index < -0.39 is 5.41 Å². The summed E-state index contributed by atoms with van der Waals surface area (Å²) in [5, 5.41) is 9.77. The fourth-order valence-corrected chi connectivity index (χ4v) is 7.92. The predicted molar refractivity (Wildman–Crippen MR) is 93.7 cm³/mol. The average molecular weight is 348 g/mol. The van der Waals surface area contributed by atoms with Crippen molar-refractivity contribution < 1.29 is 19.4 Å². The zero-order valence-electron chi connectivity index (χ0n) is 15.8. The molecule has 4 nitrogen and oxygen atoms in total. The van der Waals surface area contributed by atoms with Crippen molar-refractivity contribution in [3.05, 3.63) is 0 Å². The van der Waals surface area contributed by atoms with E-state index in [1.165, 1.54) is 7.11 Å². The van der Waals surface area contributed by atoms with E-state index in [4.69, 9.17) is 4.74 Å². The fourth-order valence-electron chi connectivity index (χ4n) is 7.92. The third-order valence-electron chi connectivity index (χ3n) is 9.06. The van der Waals surface area contributed by atoms with Gasteiger partial charge in [-0.05, 0) is 75.0 Å². The fraction of sp³-hybridized carbons (Fsp3) is 0.905. The van der Waals surface area contributed by atoms with Crippen LogP contribution in [0.25, 0.3) is 0 Å². The first-order chi connectivity index (χ1) is 11.8. The highest BCUT2D eigenvalue weighted by Gasteiger charge is 2.68. The molecule has 0 aromatic carbocycles. The van der Waals surface area contributed by atoms with Crippen LogP contribution in [-0.4, -0.2) is 30.6 Å². The summed E-state index contributed by atoms with van der Waals surface area (Å²) in [6.45, 7) is 4.46. The zero-order chi connectivity index (χ0) is 18.0. The Morgan fingerprint density at radius 3 is 2.56 bits per heavy atom. The lowest BCUT2D eigenvalue weighted by Crippen LogP contribution is -2.65. The molecule has 4 heteroatoms. The molecule has 5 aliphatic rings. The number of ether oxygens (including phenoxy) is 1. The van der Waals surface area contributed by atoms with Crippen LogP contribution in [0.15, 0.2) is 0 Å². The molecule has 1 N–H and O–H groups in total. The third-order valence-corrected chi connectivity index (χ3v) is 9.06. The van der Waals surface area contributed by atoms with Crippen LogP contribution in [-0.2, 0) is 14.3 Å². The first-order valence-corrected chi connectivity index (χ1v) is 10.1. The monoisotopic (exact) mass is 348 g/mol. The summed E-state index contributed by atoms with van der Waals surface area (Å²) >= 11 is 0. The van der Waals surface area contributed by atoms with E-state index >= 15 is 0 Å². The van der Waals surface area contributed by atoms with Gasteiger partial charge in [0.15, 0.2) is 0 Å². The number of hydrogen-bond donors (Lipinski definition) is 1. The summed E-state index contributed by atoms with van der Waals surface area (Å²) < 4.78 is 5.20. The molecule has 0 saturated heterocycles. The largest absolute Gasteiger partial charge is 0.469 e. The SMILES string of the molecule is COC(=O)[C@]1(C)CCC[C@@]2(C)C3CC4CCC3(CCC21)C(=O)C4CO. The highest BCUT2D eigenvalue weighted by molar-refractivity contribution is 5.90. The summed E-state index contributed by atoms with van der Waals surface area (Å²) in [5.74, 6) is 1.15. The number of rotatable bonds is 2. The molecule has 0 heterocycles. The Hall–Kier alpha value is -0.900. The summed E-state index contributed by atoms with van der Waals surface area (Å²) in [6.07, 6.45) is 8.02. The topological polar surface area (TPSA) is 63.6 Å². The Morgan fingerprint density at radius 1 is 1.16 bits per heavy atom. The first-order valence-electron chi connectivity index (χ1n) is 10.1. The van der Waals surface area contributed by atoms with Gasteiger partial charge in [0.25, 0.3) is 0 Å². The number of Topliss-reactive ketones (excluding diaryl/α,β-unsaturated/α-hetero) is 1. The Morgan fingerprint density at radius 2 is 1.88 bits per heavy atom. The van der Waals surface area contributed by atoms with Gasteiger partial charge in [-0.15, -0.1) is 0 Å². The number of carbonyl (C=O) groups excluding carboxylic acids is 2. The van der Waals surface area contributed by atoms with E-state index in [-0.39, 0.29) is 29.3 Å². The second kappa shape index (κ2) is 5.55. The lowest BCUT2D eigenvalue weighted by Gasteiger charge is -2.67. The first kappa shape index (κ1) is 17.5. The number of methoxy groups -OCH3 is 1. The summed E-state index contributed by atoms with van der Waals surface area (Å²) in [4.78, 5) is 25.9. The molecule has 0 aromatic heterocycles. The van der Waals surface area contributed by atoms with Crippen LogP contribution in [0, 0.1) is 39.9 Å². The molecular weight excluding hydrogens is 316 g/mol. The van der Waals surface area contributed by atoms with Gasteiger partial charge >= 0.3 is 5.97 Å². The highest BCUT2D eigenvalue weighted by atomic mass is 16.5. The van der Waals surface area contributed by atoms with Crippen LogP contribution < -0.4 is 0 Å². The predicted octanol–water partition coefficient (Wildman–Crippen LogP) is 3.36. The van der Waals surface area contributed by atoms with Gasteiger partial charge in [-0.2, -0.15) is 0 Å². The second-order valence-corrected chi connectivity index (χ2v) is 9.76. The number of aliphatic hydroxyl groups excluding tert-OH is 1. The van der Waals surface area contributed by atoms with Crippen LogP contribution in [0.4, 0.5) is 0 Å². The molecule has 0 aromatic rings. The molecule has 0 amide bonds. The quantitative estimate of drug-likeness (QED) is 0.777. The van der Waals surface area contributed by atoms with Crippen molar-refractivity contribution in [1.82, 2.24) is 0 Å². The van der Waals surface area contributed by atoms with E-state index in [1.54, 1.807) is 0 Å². The summed E-state index contributed by atoms with van der Waals surface area (Å²) in [7, 11) is 1.50. The number of aliphatic hydroxyl groups is 1. The van der Waals surface area contributed by atoms with E-state index in [0.717, 1.165) is 51.4 Å². The van der Waals surface area contributed by atoms with Crippen LogP contribution in [0.2, 0.25) is 0 Å². The molecule has 1 spiro atoms. The molecule has 5 fully saturated rings. The molecule has 140 valence electrons. The van der Waals surface area contributed by atoms with Crippen LogP contribution >= 0.6 is 0 Å². The van der Waals surface area contributed by atoms with Crippen LogP contribution in [0.3, 0.4) is 0 Å². The van der Waals surface area contributed by atoms with Gasteiger partial charge in [0, 0.05) is 11.3 Å². The molecule has 5 rings (SSSR count). The molecule has 7 atom stereocenters. The van der Waals surface area contributed by atoms with Gasteiger partial charge < -0.3 is 9.84 Å². The van der Waals surface area contributed by atoms with E-state index in [1.807, 2.05) is 0 Å². The van der Waals surface area contributed by atoms with Gasteiger partial charge in [-0.1, -0.05) is 13.3 Å². The Balaban J connectivity index is 1.75. The number of esters is 1. The van der Waals surface area contributed by atoms with E-state index in [9.17, 15) is 14.7 Å². The Labute approximate surface area is 150 Å². The number of fused-ring (bicyclic) bond motifs is 3. The van der Waals surface area contributed by atoms with E-state index in [2.05, 4.69) is 13.8 Å². The summed E-state index contributed by atoms with van der Waals surface area (Å²) in [6, 6.07) is 0. The second-order valence-electron chi connectivity index (χ2n) is 9.76. The van der Waals surface area contributed by atoms with Gasteiger partial charge in [-0.3, -0.25) is 9.59 Å². The van der Waals surface area contributed by atoms with Crippen molar-refractivity contribution in [3.8, 4) is 0 Å². The third kappa shape index (κ3) is 2.03. The zero-order valence-corrected chi connectivity index (χ0v) is 15.8. The standard InChI is InChI=1S/C21H32O4/c1-19-7-4-8-20(2,18(24)25-3)15(19)6-10-21-9-5-13(11-16(19)21)14(12-22)17(21)23/h13-16,22H,4-12H2,1-3H3/t13?,14?,15?,16?,19-,20-,21?/m1/s1. The van der Waals surface area contributed by atoms with Crippen LogP contribution in [0.1, 0.15) is 65.2 Å². The van der Waals surface area contributed by atoms with Crippen molar-refractivity contribution >= 4 is 11.8 Å². The Kier molecular flexibility index (Phi) is 3.89. The molecule has 0 aliphatic heterocycles. The lowest BCUT2D eigenvalue weighted by atomic mass is 9.36. The molecule has 5 unspecified atom stereocenters. The minimum atomic E-state index is -0.417. The molecule has 2 bridgehead atoms. The molecule has 5 saturated carbocycles. The van der Waals surface area contributed by atoms with Gasteiger partial charge in [0.05, 0.1) is 19.1 Å². The van der Waals surface area contributed by atoms with Crippen molar-refractivity contribution in [2.75, 3.05) is 13.7 Å². The maximum absolute atomic E-state index is 13.3. The van der Waals surface area contributed by atoms with Crippen molar-refractivity contribution in [1.29, 1.82) is 0 Å². The van der Waals surface area contributed by atoms with Gasteiger partial charge in [-0.25, -0.2) is 0 Å². The van der Waals surface area contributed by atoms with Crippen LogP contribution in [0.5, 0.6) is 0 Å². The van der Waals surface area contributed by atoms with Crippen molar-refractivity contribution in [2.24, 2.45) is 39.9 Å². The molecule has 5 aliphatic carbocycles. The maximum Gasteiger partial charge on any atom is 0.311 e. The van der Waals surface area contributed by atoms with Gasteiger partial charge in [0.1, 0.15) is 5.78 Å². The Bertz CT molecular complexity index is 601. The molecular formula is C21H32O4. The molecule has 0 radical (unpaired) electrons. The maximum atomic E-state index is 13.3. The molecule has 25 heavy (non-hydrogen) atoms. The van der Waals surface area contributed by atoms with Crippen molar-refractivity contribution in [3.63, 3.8) is 0 Å². The number of ketones is 1. The average Bonchev–Trinajstić information content (AvgIpc) is 2.61. The van der Waals surface area contributed by atoms with E-state index in [0.29, 0.717) is 23.5 Å². The normalized spacial score (nSPS) is 51.6. The van der Waals surface area contributed by atoms with Crippen molar-refractivity contribution in [2.45, 2.75) is 65.2 Å². The summed E-state index contributed by atoms with van der Waals surface area (Å²) in [5.41, 5.74) is -0.616.